The lowest BCUT2D eigenvalue weighted by Gasteiger charge is -2.31. The minimum absolute atomic E-state index is 0.108. The zero-order valence-electron chi connectivity index (χ0n) is 13.7. The van der Waals surface area contributed by atoms with E-state index in [1.54, 1.807) is 24.3 Å². The molecule has 2 amide bonds. The molecule has 2 atom stereocenters. The first-order valence-electron chi connectivity index (χ1n) is 7.40. The van der Waals surface area contributed by atoms with Crippen LogP contribution in [0.25, 0.3) is 0 Å². The van der Waals surface area contributed by atoms with Crippen molar-refractivity contribution in [2.75, 3.05) is 7.11 Å². The summed E-state index contributed by atoms with van der Waals surface area (Å²) in [4.78, 5) is 37.6. The van der Waals surface area contributed by atoms with Crippen molar-refractivity contribution < 1.29 is 23.9 Å². The van der Waals surface area contributed by atoms with E-state index in [0.29, 0.717) is 5.56 Å². The molecule has 1 aromatic carbocycles. The van der Waals surface area contributed by atoms with Crippen molar-refractivity contribution in [2.45, 2.75) is 39.5 Å². The lowest BCUT2D eigenvalue weighted by Crippen LogP contribution is -2.46. The predicted octanol–water partition coefficient (Wildman–Crippen LogP) is 2.63. The first kappa shape index (κ1) is 17.1. The Balaban J connectivity index is 2.19. The second-order valence-corrected chi connectivity index (χ2v) is 6.51. The number of nitrogens with zero attached hydrogens (tertiary/aromatic N) is 1. The van der Waals surface area contributed by atoms with Crippen molar-refractivity contribution in [1.29, 1.82) is 0 Å². The molecule has 6 nitrogen and oxygen atoms in total. The van der Waals surface area contributed by atoms with Crippen molar-refractivity contribution in [1.82, 2.24) is 4.90 Å². The standard InChI is InChI=1S/C17H21NO5/c1-17(2,3)15-18(16(21)22-4)14(20)13(23-15)10-12(19)11-8-6-5-7-9-11/h5-9,13,15H,10H2,1-4H3. The Bertz CT molecular complexity index is 605. The molecular formula is C17H21NO5. The second-order valence-electron chi connectivity index (χ2n) is 6.51. The number of imide groups is 1. The summed E-state index contributed by atoms with van der Waals surface area (Å²) in [5, 5.41) is 0. The molecule has 0 spiro atoms. The molecule has 0 bridgehead atoms. The van der Waals surface area contributed by atoms with Crippen LogP contribution < -0.4 is 0 Å². The van der Waals surface area contributed by atoms with Crippen LogP contribution in [0.3, 0.4) is 0 Å². The Hall–Kier alpha value is -2.21. The van der Waals surface area contributed by atoms with Gasteiger partial charge in [0.15, 0.2) is 5.78 Å². The molecular weight excluding hydrogens is 298 g/mol. The molecule has 1 saturated heterocycles. The molecule has 1 aliphatic heterocycles. The second kappa shape index (κ2) is 6.50. The van der Waals surface area contributed by atoms with Crippen molar-refractivity contribution >= 4 is 17.8 Å². The summed E-state index contributed by atoms with van der Waals surface area (Å²) < 4.78 is 10.4. The average Bonchev–Trinajstić information content (AvgIpc) is 2.84. The molecule has 0 aromatic heterocycles. The maximum atomic E-state index is 12.5. The summed E-state index contributed by atoms with van der Waals surface area (Å²) in [7, 11) is 1.21. The van der Waals surface area contributed by atoms with Crippen LogP contribution >= 0.6 is 0 Å². The normalized spacial score (nSPS) is 21.4. The molecule has 1 aliphatic rings. The highest BCUT2D eigenvalue weighted by atomic mass is 16.6. The number of ether oxygens (including phenoxy) is 2. The van der Waals surface area contributed by atoms with E-state index in [4.69, 9.17) is 4.74 Å². The molecule has 2 rings (SSSR count). The SMILES string of the molecule is COC(=O)N1C(=O)C(CC(=O)c2ccccc2)OC1C(C)(C)C. The van der Waals surface area contributed by atoms with Gasteiger partial charge < -0.3 is 9.47 Å². The van der Waals surface area contributed by atoms with Gasteiger partial charge in [0.25, 0.3) is 5.91 Å². The highest BCUT2D eigenvalue weighted by Crippen LogP contribution is 2.33. The van der Waals surface area contributed by atoms with Gasteiger partial charge in [-0.15, -0.1) is 0 Å². The number of carbonyl (C=O) groups is 3. The molecule has 1 aromatic rings. The van der Waals surface area contributed by atoms with E-state index in [9.17, 15) is 14.4 Å². The van der Waals surface area contributed by atoms with E-state index in [2.05, 4.69) is 4.74 Å². The van der Waals surface area contributed by atoms with Gasteiger partial charge in [-0.25, -0.2) is 9.69 Å². The summed E-state index contributed by atoms with van der Waals surface area (Å²) in [5.41, 5.74) is 0.0155. The van der Waals surface area contributed by atoms with E-state index in [1.807, 2.05) is 26.8 Å². The van der Waals surface area contributed by atoms with E-state index >= 15 is 0 Å². The number of hydrogen-bond acceptors (Lipinski definition) is 5. The molecule has 2 unspecified atom stereocenters. The molecule has 0 saturated carbocycles. The third-order valence-electron chi connectivity index (χ3n) is 3.62. The van der Waals surface area contributed by atoms with Crippen LogP contribution in [0.2, 0.25) is 0 Å². The van der Waals surface area contributed by atoms with Gasteiger partial charge in [-0.2, -0.15) is 0 Å². The fourth-order valence-corrected chi connectivity index (χ4v) is 2.47. The third-order valence-corrected chi connectivity index (χ3v) is 3.62. The summed E-state index contributed by atoms with van der Waals surface area (Å²) in [5.74, 6) is -0.746. The van der Waals surface area contributed by atoms with Crippen LogP contribution in [-0.4, -0.2) is 42.1 Å². The molecule has 1 fully saturated rings. The van der Waals surface area contributed by atoms with Crippen molar-refractivity contribution in [3.8, 4) is 0 Å². The average molecular weight is 319 g/mol. The van der Waals surface area contributed by atoms with Crippen molar-refractivity contribution in [3.63, 3.8) is 0 Å². The van der Waals surface area contributed by atoms with Gasteiger partial charge in [-0.1, -0.05) is 51.1 Å². The highest BCUT2D eigenvalue weighted by molar-refractivity contribution is 6.02. The number of benzene rings is 1. The number of ketones is 1. The first-order valence-corrected chi connectivity index (χ1v) is 7.40. The van der Waals surface area contributed by atoms with Crippen LogP contribution in [0.15, 0.2) is 30.3 Å². The Labute approximate surface area is 135 Å². The van der Waals surface area contributed by atoms with Crippen LogP contribution in [0.1, 0.15) is 37.6 Å². The summed E-state index contributed by atoms with van der Waals surface area (Å²) in [6, 6.07) is 8.68. The van der Waals surface area contributed by atoms with E-state index in [1.165, 1.54) is 7.11 Å². The van der Waals surface area contributed by atoms with Gasteiger partial charge in [0, 0.05) is 17.4 Å². The van der Waals surface area contributed by atoms with Gasteiger partial charge in [-0.3, -0.25) is 9.59 Å². The largest absolute Gasteiger partial charge is 0.452 e. The fraction of sp³-hybridized carbons (Fsp3) is 0.471. The minimum Gasteiger partial charge on any atom is -0.452 e. The lowest BCUT2D eigenvalue weighted by atomic mass is 9.94. The van der Waals surface area contributed by atoms with Gasteiger partial charge >= 0.3 is 6.09 Å². The lowest BCUT2D eigenvalue weighted by molar-refractivity contribution is -0.129. The maximum Gasteiger partial charge on any atom is 0.418 e. The Morgan fingerprint density at radius 2 is 1.83 bits per heavy atom. The van der Waals surface area contributed by atoms with Crippen molar-refractivity contribution in [3.05, 3.63) is 35.9 Å². The number of amides is 2. The quantitative estimate of drug-likeness (QED) is 0.801. The van der Waals surface area contributed by atoms with Gasteiger partial charge in [0.2, 0.25) is 0 Å². The molecule has 0 N–H and O–H groups in total. The Kier molecular flexibility index (Phi) is 4.85. The Morgan fingerprint density at radius 1 is 1.22 bits per heavy atom. The molecule has 1 heterocycles. The topological polar surface area (TPSA) is 72.9 Å². The van der Waals surface area contributed by atoms with Gasteiger partial charge in [0.1, 0.15) is 12.3 Å². The number of rotatable bonds is 3. The van der Waals surface area contributed by atoms with Gasteiger partial charge in [-0.05, 0) is 0 Å². The summed E-state index contributed by atoms with van der Waals surface area (Å²) in [6.45, 7) is 5.55. The molecule has 6 heteroatoms. The minimum atomic E-state index is -0.981. The van der Waals surface area contributed by atoms with Crippen LogP contribution in [0.5, 0.6) is 0 Å². The molecule has 124 valence electrons. The number of hydrogen-bond donors (Lipinski definition) is 0. The third kappa shape index (κ3) is 3.59. The van der Waals surface area contributed by atoms with E-state index in [0.717, 1.165) is 4.90 Å². The molecule has 0 radical (unpaired) electrons. The van der Waals surface area contributed by atoms with Crippen LogP contribution in [0.4, 0.5) is 4.79 Å². The highest BCUT2D eigenvalue weighted by Gasteiger charge is 2.50. The zero-order valence-corrected chi connectivity index (χ0v) is 13.7. The molecule has 0 aliphatic carbocycles. The zero-order chi connectivity index (χ0) is 17.2. The van der Waals surface area contributed by atoms with Crippen molar-refractivity contribution in [2.24, 2.45) is 5.41 Å². The van der Waals surface area contributed by atoms with Crippen LogP contribution in [-0.2, 0) is 14.3 Å². The smallest absolute Gasteiger partial charge is 0.418 e. The fourth-order valence-electron chi connectivity index (χ4n) is 2.47. The summed E-state index contributed by atoms with van der Waals surface area (Å²) in [6.07, 6.45) is -2.63. The number of Topliss-reactive ketones (excluding diaryl/α,β-unsaturated/α-hetero) is 1. The van der Waals surface area contributed by atoms with Crippen LogP contribution in [0, 0.1) is 5.41 Å². The molecule has 23 heavy (non-hydrogen) atoms. The van der Waals surface area contributed by atoms with E-state index < -0.39 is 29.7 Å². The van der Waals surface area contributed by atoms with E-state index in [-0.39, 0.29) is 12.2 Å². The van der Waals surface area contributed by atoms with Gasteiger partial charge in [0.05, 0.1) is 7.11 Å². The Morgan fingerprint density at radius 3 is 2.35 bits per heavy atom. The first-order chi connectivity index (χ1) is 10.8. The monoisotopic (exact) mass is 319 g/mol. The number of methoxy groups -OCH3 is 1. The number of carbonyl (C=O) groups excluding carboxylic acids is 3. The maximum absolute atomic E-state index is 12.5. The predicted molar refractivity (Wildman–Crippen MR) is 82.8 cm³/mol. The summed E-state index contributed by atoms with van der Waals surface area (Å²) >= 11 is 0.